The molecule has 1 unspecified atom stereocenters. The Kier molecular flexibility index (Phi) is 5.65. The van der Waals surface area contributed by atoms with Crippen molar-refractivity contribution in [1.82, 2.24) is 10.2 Å². The van der Waals surface area contributed by atoms with Crippen molar-refractivity contribution in [3.63, 3.8) is 0 Å². The molecular weight excluding hydrogens is 228 g/mol. The van der Waals surface area contributed by atoms with Crippen LogP contribution in [0.1, 0.15) is 24.5 Å². The second-order valence-electron chi connectivity index (χ2n) is 4.71. The molecule has 0 radical (unpaired) electrons. The van der Waals surface area contributed by atoms with Crippen molar-refractivity contribution in [3.05, 3.63) is 35.4 Å². The van der Waals surface area contributed by atoms with Gasteiger partial charge in [-0.3, -0.25) is 0 Å². The third-order valence-corrected chi connectivity index (χ3v) is 2.76. The Labute approximate surface area is 109 Å². The third-order valence-electron chi connectivity index (χ3n) is 2.76. The number of rotatable bonds is 5. The minimum Gasteiger partial charge on any atom is -0.393 e. The van der Waals surface area contributed by atoms with Gasteiger partial charge in [-0.2, -0.15) is 0 Å². The Hall–Kier alpha value is -1.55. The lowest BCUT2D eigenvalue weighted by atomic mass is 10.1. The molecule has 2 amide bonds. The van der Waals surface area contributed by atoms with Gasteiger partial charge in [0.2, 0.25) is 0 Å². The summed E-state index contributed by atoms with van der Waals surface area (Å²) in [6, 6.07) is 7.94. The van der Waals surface area contributed by atoms with Crippen molar-refractivity contribution in [2.75, 3.05) is 13.6 Å². The first-order valence-corrected chi connectivity index (χ1v) is 6.21. The Morgan fingerprint density at radius 2 is 2.22 bits per heavy atom. The Bertz CT molecular complexity index is 391. The van der Waals surface area contributed by atoms with Crippen molar-refractivity contribution in [1.29, 1.82) is 0 Å². The summed E-state index contributed by atoms with van der Waals surface area (Å²) in [5, 5.41) is 12.0. The number of nitrogens with zero attached hydrogens (tertiary/aromatic N) is 1. The molecule has 1 aromatic carbocycles. The molecule has 0 aromatic heterocycles. The van der Waals surface area contributed by atoms with E-state index in [0.717, 1.165) is 5.56 Å². The summed E-state index contributed by atoms with van der Waals surface area (Å²) in [6.07, 6.45) is 0.214. The summed E-state index contributed by atoms with van der Waals surface area (Å²) >= 11 is 0. The van der Waals surface area contributed by atoms with Gasteiger partial charge in [0.15, 0.2) is 0 Å². The monoisotopic (exact) mass is 250 g/mol. The molecule has 0 fully saturated rings. The minimum atomic E-state index is -0.378. The number of hydrogen-bond acceptors (Lipinski definition) is 2. The van der Waals surface area contributed by atoms with Crippen LogP contribution in [0.15, 0.2) is 24.3 Å². The highest BCUT2D eigenvalue weighted by Gasteiger charge is 2.08. The number of aryl methyl sites for hydroxylation is 1. The molecule has 0 bridgehead atoms. The molecule has 0 saturated carbocycles. The van der Waals surface area contributed by atoms with Gasteiger partial charge in [-0.25, -0.2) is 4.79 Å². The molecule has 0 saturated heterocycles. The molecule has 0 heterocycles. The van der Waals surface area contributed by atoms with Crippen molar-refractivity contribution in [2.24, 2.45) is 0 Å². The summed E-state index contributed by atoms with van der Waals surface area (Å²) in [5.41, 5.74) is 2.27. The van der Waals surface area contributed by atoms with E-state index in [1.807, 2.05) is 25.1 Å². The molecule has 100 valence electrons. The second kappa shape index (κ2) is 7.01. The number of benzene rings is 1. The van der Waals surface area contributed by atoms with E-state index in [0.29, 0.717) is 19.5 Å². The van der Waals surface area contributed by atoms with Gasteiger partial charge in [-0.15, -0.1) is 0 Å². The van der Waals surface area contributed by atoms with E-state index in [2.05, 4.69) is 11.4 Å². The van der Waals surface area contributed by atoms with Gasteiger partial charge in [0.1, 0.15) is 0 Å². The number of carbonyl (C=O) groups excluding carboxylic acids is 1. The molecule has 0 spiro atoms. The van der Waals surface area contributed by atoms with Crippen molar-refractivity contribution in [3.8, 4) is 0 Å². The molecule has 1 atom stereocenters. The molecule has 2 N–H and O–H groups in total. The van der Waals surface area contributed by atoms with Gasteiger partial charge < -0.3 is 15.3 Å². The fraction of sp³-hybridized carbons (Fsp3) is 0.500. The summed E-state index contributed by atoms with van der Waals surface area (Å²) in [4.78, 5) is 13.3. The predicted octanol–water partition coefficient (Wildman–Crippen LogP) is 1.91. The van der Waals surface area contributed by atoms with Gasteiger partial charge in [0.25, 0.3) is 0 Å². The minimum absolute atomic E-state index is 0.114. The standard InChI is InChI=1S/C14H22N2O2/c1-11-5-4-6-13(9-11)10-15-14(18)16(3)8-7-12(2)17/h4-6,9,12,17H,7-8,10H2,1-3H3,(H,15,18). The number of hydrogen-bond donors (Lipinski definition) is 2. The van der Waals surface area contributed by atoms with Gasteiger partial charge >= 0.3 is 6.03 Å². The molecular formula is C14H22N2O2. The Morgan fingerprint density at radius 3 is 2.83 bits per heavy atom. The SMILES string of the molecule is Cc1cccc(CNC(=O)N(C)CCC(C)O)c1. The lowest BCUT2D eigenvalue weighted by Crippen LogP contribution is -2.38. The second-order valence-corrected chi connectivity index (χ2v) is 4.71. The highest BCUT2D eigenvalue weighted by atomic mass is 16.3. The molecule has 0 aliphatic heterocycles. The van der Waals surface area contributed by atoms with Crippen LogP contribution in [0.3, 0.4) is 0 Å². The zero-order valence-corrected chi connectivity index (χ0v) is 11.3. The van der Waals surface area contributed by atoms with Gasteiger partial charge in [-0.1, -0.05) is 29.8 Å². The number of amides is 2. The van der Waals surface area contributed by atoms with E-state index in [1.54, 1.807) is 18.9 Å². The normalized spacial score (nSPS) is 12.0. The van der Waals surface area contributed by atoms with Crippen molar-refractivity contribution < 1.29 is 9.90 Å². The summed E-state index contributed by atoms with van der Waals surface area (Å²) in [5.74, 6) is 0. The van der Waals surface area contributed by atoms with Crippen LogP contribution in [-0.4, -0.2) is 35.7 Å². The Morgan fingerprint density at radius 1 is 1.50 bits per heavy atom. The van der Waals surface area contributed by atoms with Crippen molar-refractivity contribution in [2.45, 2.75) is 32.9 Å². The lowest BCUT2D eigenvalue weighted by Gasteiger charge is -2.18. The largest absolute Gasteiger partial charge is 0.393 e. The fourth-order valence-electron chi connectivity index (χ4n) is 1.62. The third kappa shape index (κ3) is 5.19. The van der Waals surface area contributed by atoms with Gasteiger partial charge in [0.05, 0.1) is 6.10 Å². The van der Waals surface area contributed by atoms with E-state index in [-0.39, 0.29) is 12.1 Å². The van der Waals surface area contributed by atoms with Crippen molar-refractivity contribution >= 4 is 6.03 Å². The maximum atomic E-state index is 11.7. The zero-order chi connectivity index (χ0) is 13.5. The smallest absolute Gasteiger partial charge is 0.317 e. The zero-order valence-electron chi connectivity index (χ0n) is 11.3. The average Bonchev–Trinajstić information content (AvgIpc) is 2.33. The fourth-order valence-corrected chi connectivity index (χ4v) is 1.62. The van der Waals surface area contributed by atoms with Crippen LogP contribution in [0, 0.1) is 6.92 Å². The molecule has 4 heteroatoms. The number of aliphatic hydroxyl groups is 1. The number of carbonyl (C=O) groups is 1. The Balaban J connectivity index is 2.36. The first-order valence-electron chi connectivity index (χ1n) is 6.21. The number of aliphatic hydroxyl groups excluding tert-OH is 1. The van der Waals surface area contributed by atoms with Gasteiger partial charge in [0, 0.05) is 20.1 Å². The summed E-state index contributed by atoms with van der Waals surface area (Å²) < 4.78 is 0. The first kappa shape index (κ1) is 14.5. The van der Waals surface area contributed by atoms with Crippen LogP contribution in [0.5, 0.6) is 0 Å². The predicted molar refractivity (Wildman–Crippen MR) is 72.3 cm³/mol. The van der Waals surface area contributed by atoms with E-state index >= 15 is 0 Å². The lowest BCUT2D eigenvalue weighted by molar-refractivity contribution is 0.163. The quantitative estimate of drug-likeness (QED) is 0.838. The molecule has 0 aliphatic rings. The number of nitrogens with one attached hydrogen (secondary N) is 1. The molecule has 4 nitrogen and oxygen atoms in total. The van der Waals surface area contributed by atoms with Crippen LogP contribution in [0.4, 0.5) is 4.79 Å². The highest BCUT2D eigenvalue weighted by Crippen LogP contribution is 2.03. The van der Waals surface area contributed by atoms with E-state index in [4.69, 9.17) is 5.11 Å². The topological polar surface area (TPSA) is 52.6 Å². The average molecular weight is 250 g/mol. The molecule has 1 rings (SSSR count). The first-order chi connectivity index (χ1) is 8.49. The summed E-state index contributed by atoms with van der Waals surface area (Å²) in [6.45, 7) is 4.83. The maximum Gasteiger partial charge on any atom is 0.317 e. The van der Waals surface area contributed by atoms with Crippen LogP contribution in [0.25, 0.3) is 0 Å². The van der Waals surface area contributed by atoms with Crippen LogP contribution in [-0.2, 0) is 6.54 Å². The highest BCUT2D eigenvalue weighted by molar-refractivity contribution is 5.73. The van der Waals surface area contributed by atoms with E-state index in [1.165, 1.54) is 5.56 Å². The molecule has 18 heavy (non-hydrogen) atoms. The van der Waals surface area contributed by atoms with E-state index < -0.39 is 0 Å². The maximum absolute atomic E-state index is 11.7. The van der Waals surface area contributed by atoms with E-state index in [9.17, 15) is 4.79 Å². The number of urea groups is 1. The van der Waals surface area contributed by atoms with Crippen LogP contribution < -0.4 is 5.32 Å². The van der Waals surface area contributed by atoms with Crippen LogP contribution in [0.2, 0.25) is 0 Å². The molecule has 1 aromatic rings. The van der Waals surface area contributed by atoms with Crippen LogP contribution >= 0.6 is 0 Å². The summed E-state index contributed by atoms with van der Waals surface area (Å²) in [7, 11) is 1.73. The van der Waals surface area contributed by atoms with Gasteiger partial charge in [-0.05, 0) is 25.8 Å². The molecule has 0 aliphatic carbocycles.